The molecule has 1 fully saturated rings. The van der Waals surface area contributed by atoms with E-state index in [0.717, 1.165) is 6.42 Å². The molecule has 0 saturated heterocycles. The van der Waals surface area contributed by atoms with Crippen LogP contribution in [-0.4, -0.2) is 34.9 Å². The van der Waals surface area contributed by atoms with Crippen LogP contribution in [0.2, 0.25) is 0 Å². The van der Waals surface area contributed by atoms with Crippen LogP contribution in [-0.2, 0) is 4.79 Å². The molecule has 110 valence electrons. The average molecular weight is 282 g/mol. The summed E-state index contributed by atoms with van der Waals surface area (Å²) in [6, 6.07) is -2.25. The number of carboxylic acid groups (broad SMARTS) is 1. The number of halogens is 3. The third kappa shape index (κ3) is 4.00. The first-order chi connectivity index (χ1) is 8.72. The molecule has 1 rings (SSSR count). The Bertz CT molecular complexity index is 354. The number of hydrogen-bond acceptors (Lipinski definition) is 2. The fourth-order valence-electron chi connectivity index (χ4n) is 1.68. The van der Waals surface area contributed by atoms with E-state index in [9.17, 15) is 22.8 Å². The van der Waals surface area contributed by atoms with E-state index in [-0.39, 0.29) is 19.3 Å². The number of aliphatic carboxylic acids is 1. The average Bonchev–Trinajstić information content (AvgIpc) is 3.03. The molecule has 3 N–H and O–H groups in total. The minimum Gasteiger partial charge on any atom is -0.480 e. The zero-order valence-corrected chi connectivity index (χ0v) is 10.5. The molecule has 0 bridgehead atoms. The maximum Gasteiger partial charge on any atom is 0.411 e. The van der Waals surface area contributed by atoms with Crippen molar-refractivity contribution in [2.75, 3.05) is 0 Å². The van der Waals surface area contributed by atoms with E-state index in [0.29, 0.717) is 6.42 Å². The molecule has 1 saturated carbocycles. The molecule has 0 spiro atoms. The van der Waals surface area contributed by atoms with Crippen LogP contribution in [0.25, 0.3) is 0 Å². The van der Waals surface area contributed by atoms with E-state index in [1.54, 1.807) is 0 Å². The molecule has 2 amide bonds. The van der Waals surface area contributed by atoms with Gasteiger partial charge in [-0.2, -0.15) is 13.2 Å². The van der Waals surface area contributed by atoms with Gasteiger partial charge in [-0.3, -0.25) is 0 Å². The van der Waals surface area contributed by atoms with Gasteiger partial charge in [0.25, 0.3) is 0 Å². The Kier molecular flexibility index (Phi) is 4.65. The lowest BCUT2D eigenvalue weighted by atomic mass is 10.1. The molecule has 0 aromatic carbocycles. The van der Waals surface area contributed by atoms with Crippen molar-refractivity contribution in [1.29, 1.82) is 0 Å². The smallest absolute Gasteiger partial charge is 0.411 e. The van der Waals surface area contributed by atoms with Gasteiger partial charge in [-0.05, 0) is 19.3 Å². The molecule has 8 heteroatoms. The Balaban J connectivity index is 2.52. The number of nitrogens with one attached hydrogen (secondary N) is 2. The van der Waals surface area contributed by atoms with Gasteiger partial charge in [0.15, 0.2) is 0 Å². The van der Waals surface area contributed by atoms with E-state index in [2.05, 4.69) is 5.32 Å². The summed E-state index contributed by atoms with van der Waals surface area (Å²) < 4.78 is 37.8. The molecule has 1 unspecified atom stereocenters. The van der Waals surface area contributed by atoms with Gasteiger partial charge in [0.2, 0.25) is 0 Å². The molecule has 0 radical (unpaired) electrons. The minimum atomic E-state index is -4.51. The Morgan fingerprint density at radius 1 is 1.37 bits per heavy atom. The third-order valence-electron chi connectivity index (χ3n) is 3.10. The highest BCUT2D eigenvalue weighted by molar-refractivity contribution is 5.83. The van der Waals surface area contributed by atoms with Crippen molar-refractivity contribution in [3.8, 4) is 0 Å². The van der Waals surface area contributed by atoms with Crippen molar-refractivity contribution in [2.45, 2.75) is 56.8 Å². The fraction of sp³-hybridized carbons (Fsp3) is 0.818. The summed E-state index contributed by atoms with van der Waals surface area (Å²) in [5, 5.41) is 12.8. The van der Waals surface area contributed by atoms with Crippen LogP contribution >= 0.6 is 0 Å². The van der Waals surface area contributed by atoms with E-state index >= 15 is 0 Å². The number of carboxylic acids is 1. The molecule has 0 aromatic rings. The molecule has 0 aliphatic heterocycles. The largest absolute Gasteiger partial charge is 0.480 e. The highest BCUT2D eigenvalue weighted by Gasteiger charge is 2.64. The summed E-state index contributed by atoms with van der Waals surface area (Å²) in [7, 11) is 0. The van der Waals surface area contributed by atoms with E-state index in [1.807, 2.05) is 12.2 Å². The molecule has 1 aliphatic rings. The first kappa shape index (κ1) is 15.6. The highest BCUT2D eigenvalue weighted by Crippen LogP contribution is 2.48. The Hall–Kier alpha value is -1.47. The van der Waals surface area contributed by atoms with Gasteiger partial charge in [0.1, 0.15) is 11.6 Å². The molecule has 1 aliphatic carbocycles. The molecule has 0 aromatic heterocycles. The van der Waals surface area contributed by atoms with Gasteiger partial charge in [-0.15, -0.1) is 0 Å². The minimum absolute atomic E-state index is 0.170. The SMILES string of the molecule is CCCCC(NC(=O)NC1(C(F)(F)F)CC1)C(=O)O. The molecule has 1 atom stereocenters. The van der Waals surface area contributed by atoms with Gasteiger partial charge >= 0.3 is 18.2 Å². The fourth-order valence-corrected chi connectivity index (χ4v) is 1.68. The number of carbonyl (C=O) groups is 2. The van der Waals surface area contributed by atoms with Crippen LogP contribution in [0.4, 0.5) is 18.0 Å². The lowest BCUT2D eigenvalue weighted by molar-refractivity contribution is -0.162. The van der Waals surface area contributed by atoms with Gasteiger partial charge in [0, 0.05) is 0 Å². The van der Waals surface area contributed by atoms with Gasteiger partial charge in [-0.1, -0.05) is 19.8 Å². The molecule has 19 heavy (non-hydrogen) atoms. The number of carbonyl (C=O) groups excluding carboxylic acids is 1. The number of rotatable bonds is 6. The second-order valence-electron chi connectivity index (χ2n) is 4.71. The Labute approximate surface area is 108 Å². The lowest BCUT2D eigenvalue weighted by Gasteiger charge is -2.22. The second kappa shape index (κ2) is 5.66. The number of alkyl halides is 3. The topological polar surface area (TPSA) is 78.4 Å². The summed E-state index contributed by atoms with van der Waals surface area (Å²) in [5.74, 6) is -1.25. The van der Waals surface area contributed by atoms with Crippen molar-refractivity contribution in [1.82, 2.24) is 10.6 Å². The number of hydrogen-bond donors (Lipinski definition) is 3. The van der Waals surface area contributed by atoms with Crippen molar-refractivity contribution >= 4 is 12.0 Å². The molecule has 0 heterocycles. The summed E-state index contributed by atoms with van der Waals surface area (Å²) in [5.41, 5.74) is -2.18. The summed E-state index contributed by atoms with van der Waals surface area (Å²) >= 11 is 0. The van der Waals surface area contributed by atoms with E-state index < -0.39 is 29.8 Å². The number of urea groups is 1. The monoisotopic (exact) mass is 282 g/mol. The maximum atomic E-state index is 12.6. The predicted octanol–water partition coefficient (Wildman–Crippen LogP) is 2.02. The third-order valence-corrected chi connectivity index (χ3v) is 3.10. The number of amides is 2. The standard InChI is InChI=1S/C11H17F3N2O3/c1-2-3-4-7(8(17)18)15-9(19)16-10(5-6-10)11(12,13)14/h7H,2-6H2,1H3,(H,17,18)(H2,15,16,19). The molecular formula is C11H17F3N2O3. The van der Waals surface area contributed by atoms with Crippen LogP contribution in [0.3, 0.4) is 0 Å². The van der Waals surface area contributed by atoms with Crippen molar-refractivity contribution in [2.24, 2.45) is 0 Å². The first-order valence-corrected chi connectivity index (χ1v) is 6.10. The molecule has 5 nitrogen and oxygen atoms in total. The zero-order valence-electron chi connectivity index (χ0n) is 10.5. The lowest BCUT2D eigenvalue weighted by Crippen LogP contribution is -2.54. The van der Waals surface area contributed by atoms with Gasteiger partial charge in [-0.25, -0.2) is 9.59 Å². The van der Waals surface area contributed by atoms with E-state index in [1.165, 1.54) is 0 Å². The summed E-state index contributed by atoms with van der Waals surface area (Å²) in [6.45, 7) is 1.85. The summed E-state index contributed by atoms with van der Waals surface area (Å²) in [4.78, 5) is 22.3. The van der Waals surface area contributed by atoms with Crippen molar-refractivity contribution < 1.29 is 27.9 Å². The normalized spacial score (nSPS) is 18.5. The van der Waals surface area contributed by atoms with E-state index in [4.69, 9.17) is 5.11 Å². The number of unbranched alkanes of at least 4 members (excludes halogenated alkanes) is 1. The summed E-state index contributed by atoms with van der Waals surface area (Å²) in [6.07, 6.45) is -3.35. The predicted molar refractivity (Wildman–Crippen MR) is 60.6 cm³/mol. The highest BCUT2D eigenvalue weighted by atomic mass is 19.4. The maximum absolute atomic E-state index is 12.6. The molecular weight excluding hydrogens is 265 g/mol. The zero-order chi connectivity index (χ0) is 14.7. The van der Waals surface area contributed by atoms with Crippen LogP contribution in [0, 0.1) is 0 Å². The first-order valence-electron chi connectivity index (χ1n) is 6.10. The van der Waals surface area contributed by atoms with Crippen LogP contribution in [0.5, 0.6) is 0 Å². The Morgan fingerprint density at radius 3 is 2.32 bits per heavy atom. The van der Waals surface area contributed by atoms with Crippen molar-refractivity contribution in [3.63, 3.8) is 0 Å². The second-order valence-corrected chi connectivity index (χ2v) is 4.71. The van der Waals surface area contributed by atoms with Crippen molar-refractivity contribution in [3.05, 3.63) is 0 Å². The van der Waals surface area contributed by atoms with Crippen LogP contribution in [0.1, 0.15) is 39.0 Å². The quantitative estimate of drug-likeness (QED) is 0.697. The van der Waals surface area contributed by atoms with Crippen LogP contribution < -0.4 is 10.6 Å². The van der Waals surface area contributed by atoms with Crippen LogP contribution in [0.15, 0.2) is 0 Å². The van der Waals surface area contributed by atoms with Gasteiger partial charge < -0.3 is 15.7 Å². The van der Waals surface area contributed by atoms with Gasteiger partial charge in [0.05, 0.1) is 0 Å². The Morgan fingerprint density at radius 2 is 1.95 bits per heavy atom.